The molecule has 0 radical (unpaired) electrons. The second kappa shape index (κ2) is 8.56. The molecule has 198 valence electrons. The van der Waals surface area contributed by atoms with Gasteiger partial charge in [-0.2, -0.15) is 9.38 Å². The zero-order chi connectivity index (χ0) is 27.9. The van der Waals surface area contributed by atoms with E-state index in [-0.39, 0.29) is 11.0 Å². The summed E-state index contributed by atoms with van der Waals surface area (Å²) in [6.45, 7) is 26.5. The SMILES string of the molecule is CC.CC.Cc1c(C)c(C)c2c(nc3n2c2cccc4c2c2n3c3ccccc3[n+]2C(C)(C)C4(C)C)c1C. The average Bonchev–Trinajstić information content (AvgIpc) is 3.49. The van der Waals surface area contributed by atoms with Crippen LogP contribution in [0.4, 0.5) is 0 Å². The number of rotatable bonds is 0. The molecule has 0 bridgehead atoms. The second-order valence-electron chi connectivity index (χ2n) is 11.3. The first-order valence-electron chi connectivity index (χ1n) is 14.3. The van der Waals surface area contributed by atoms with Crippen LogP contribution >= 0.6 is 0 Å². The molecule has 4 nitrogen and oxygen atoms in total. The summed E-state index contributed by atoms with van der Waals surface area (Å²) < 4.78 is 7.43. The van der Waals surface area contributed by atoms with Crippen molar-refractivity contribution in [3.05, 3.63) is 70.3 Å². The van der Waals surface area contributed by atoms with Crippen LogP contribution < -0.4 is 4.57 Å². The number of nitrogens with zero attached hydrogens (tertiary/aromatic N) is 4. The van der Waals surface area contributed by atoms with E-state index >= 15 is 0 Å². The highest BCUT2D eigenvalue weighted by atomic mass is 15.3. The van der Waals surface area contributed by atoms with Gasteiger partial charge >= 0.3 is 11.4 Å². The summed E-state index contributed by atoms with van der Waals surface area (Å²) in [7, 11) is 0. The van der Waals surface area contributed by atoms with E-state index in [9.17, 15) is 0 Å². The van der Waals surface area contributed by atoms with E-state index in [4.69, 9.17) is 4.98 Å². The Bertz CT molecular complexity index is 1890. The predicted molar refractivity (Wildman–Crippen MR) is 163 cm³/mol. The van der Waals surface area contributed by atoms with Gasteiger partial charge in [0.1, 0.15) is 5.54 Å². The topological polar surface area (TPSA) is 25.6 Å². The molecule has 0 unspecified atom stereocenters. The van der Waals surface area contributed by atoms with Crippen LogP contribution in [0.25, 0.3) is 44.4 Å². The Morgan fingerprint density at radius 1 is 0.684 bits per heavy atom. The minimum atomic E-state index is -0.119. The van der Waals surface area contributed by atoms with Crippen molar-refractivity contribution in [3.8, 4) is 0 Å². The molecule has 0 saturated heterocycles. The van der Waals surface area contributed by atoms with Gasteiger partial charge in [-0.3, -0.25) is 4.40 Å². The normalized spacial score (nSPS) is 15.3. The fraction of sp³-hybridized carbons (Fsp3) is 0.412. The van der Waals surface area contributed by atoms with E-state index in [0.717, 1.165) is 11.3 Å². The standard InChI is InChI=1S/C30H31N4.2C2H6/c1-16-17(2)19(4)26-25(18(16)3)31-28-32(26)23-15-11-12-20-24(23)27-33(28)21-13-9-10-14-22(21)34(27)30(7,8)29(20,5)6;2*1-2/h9-15H,1-8H3;2*1-2H3/q+1;;. The van der Waals surface area contributed by atoms with Gasteiger partial charge in [0.05, 0.1) is 21.9 Å². The molecule has 4 heterocycles. The molecule has 0 fully saturated rings. The van der Waals surface area contributed by atoms with Crippen molar-refractivity contribution in [2.24, 2.45) is 0 Å². The first kappa shape index (κ1) is 26.2. The third kappa shape index (κ3) is 2.86. The highest BCUT2D eigenvalue weighted by Gasteiger charge is 2.51. The number of fused-ring (bicyclic) bond motifs is 8. The lowest BCUT2D eigenvalue weighted by atomic mass is 9.67. The third-order valence-electron chi connectivity index (χ3n) is 9.51. The zero-order valence-corrected chi connectivity index (χ0v) is 25.3. The van der Waals surface area contributed by atoms with Gasteiger partial charge < -0.3 is 0 Å². The molecular formula is C34H43N4+. The number of benzene rings is 3. The van der Waals surface area contributed by atoms with Crippen molar-refractivity contribution in [1.82, 2.24) is 13.8 Å². The maximum atomic E-state index is 5.37. The molecule has 3 aromatic heterocycles. The van der Waals surface area contributed by atoms with Gasteiger partial charge in [-0.1, -0.05) is 65.8 Å². The molecule has 6 aromatic rings. The average molecular weight is 508 g/mol. The molecule has 0 spiro atoms. The van der Waals surface area contributed by atoms with Gasteiger partial charge in [-0.05, 0) is 87.6 Å². The lowest BCUT2D eigenvalue weighted by molar-refractivity contribution is -0.723. The molecule has 0 aliphatic carbocycles. The molecule has 0 atom stereocenters. The van der Waals surface area contributed by atoms with Gasteiger partial charge in [0, 0.05) is 5.41 Å². The van der Waals surface area contributed by atoms with E-state index in [1.165, 1.54) is 60.9 Å². The van der Waals surface area contributed by atoms with Gasteiger partial charge in [-0.25, -0.2) is 4.57 Å². The minimum Gasteiger partial charge on any atom is -0.257 e. The number of hydrogen-bond acceptors (Lipinski definition) is 1. The molecule has 0 saturated carbocycles. The smallest absolute Gasteiger partial charge is 0.257 e. The van der Waals surface area contributed by atoms with Crippen LogP contribution in [0, 0.1) is 27.7 Å². The van der Waals surface area contributed by atoms with E-state index in [1.807, 2.05) is 27.7 Å². The fourth-order valence-corrected chi connectivity index (χ4v) is 6.57. The molecule has 0 N–H and O–H groups in total. The van der Waals surface area contributed by atoms with Gasteiger partial charge in [-0.15, -0.1) is 0 Å². The molecular weight excluding hydrogens is 464 g/mol. The van der Waals surface area contributed by atoms with Crippen molar-refractivity contribution in [1.29, 1.82) is 0 Å². The predicted octanol–water partition coefficient (Wildman–Crippen LogP) is 8.65. The molecule has 4 heteroatoms. The molecule has 3 aromatic carbocycles. The zero-order valence-electron chi connectivity index (χ0n) is 25.3. The van der Waals surface area contributed by atoms with Crippen LogP contribution in [0.3, 0.4) is 0 Å². The number of imidazole rings is 2. The van der Waals surface area contributed by atoms with Crippen LogP contribution in [-0.2, 0) is 11.0 Å². The van der Waals surface area contributed by atoms with E-state index in [2.05, 4.69) is 111 Å². The van der Waals surface area contributed by atoms with Gasteiger partial charge in [0.15, 0.2) is 11.0 Å². The number of aromatic nitrogens is 4. The maximum Gasteiger partial charge on any atom is 0.312 e. The van der Waals surface area contributed by atoms with Crippen molar-refractivity contribution in [2.75, 3.05) is 0 Å². The first-order chi connectivity index (χ1) is 18.1. The number of hydrogen-bond donors (Lipinski definition) is 0. The highest BCUT2D eigenvalue weighted by Crippen LogP contribution is 2.47. The summed E-state index contributed by atoms with van der Waals surface area (Å²) in [4.78, 5) is 5.37. The minimum absolute atomic E-state index is 0.0592. The quantitative estimate of drug-likeness (QED) is 0.189. The Morgan fingerprint density at radius 2 is 1.29 bits per heavy atom. The number of aryl methyl sites for hydroxylation is 2. The van der Waals surface area contributed by atoms with E-state index in [0.29, 0.717) is 0 Å². The summed E-state index contributed by atoms with van der Waals surface area (Å²) >= 11 is 0. The highest BCUT2D eigenvalue weighted by molar-refractivity contribution is 6.03. The lowest BCUT2D eigenvalue weighted by Crippen LogP contribution is -2.64. The van der Waals surface area contributed by atoms with Crippen LogP contribution in [0.5, 0.6) is 0 Å². The summed E-state index contributed by atoms with van der Waals surface area (Å²) in [5, 5.41) is 1.34. The van der Waals surface area contributed by atoms with Crippen LogP contribution in [-0.4, -0.2) is 13.8 Å². The summed E-state index contributed by atoms with van der Waals surface area (Å²) in [6.07, 6.45) is 0. The maximum absolute atomic E-state index is 5.37. The van der Waals surface area contributed by atoms with Crippen molar-refractivity contribution < 1.29 is 4.57 Å². The Morgan fingerprint density at radius 3 is 1.97 bits per heavy atom. The van der Waals surface area contributed by atoms with E-state index < -0.39 is 0 Å². The summed E-state index contributed by atoms with van der Waals surface area (Å²) in [5.74, 6) is 0.997. The number of para-hydroxylation sites is 2. The molecule has 7 rings (SSSR count). The molecule has 1 aliphatic rings. The Kier molecular flexibility index (Phi) is 5.90. The van der Waals surface area contributed by atoms with Crippen molar-refractivity contribution in [3.63, 3.8) is 0 Å². The molecule has 1 aliphatic heterocycles. The van der Waals surface area contributed by atoms with Crippen LogP contribution in [0.1, 0.15) is 83.2 Å². The Balaban J connectivity index is 0.000000704. The first-order valence-corrected chi connectivity index (χ1v) is 14.3. The van der Waals surface area contributed by atoms with E-state index in [1.54, 1.807) is 0 Å². The third-order valence-corrected chi connectivity index (χ3v) is 9.51. The summed E-state index contributed by atoms with van der Waals surface area (Å²) in [6, 6.07) is 15.7. The fourth-order valence-electron chi connectivity index (χ4n) is 6.57. The van der Waals surface area contributed by atoms with Crippen LogP contribution in [0.2, 0.25) is 0 Å². The Labute approximate surface area is 226 Å². The van der Waals surface area contributed by atoms with Crippen molar-refractivity contribution in [2.45, 2.75) is 94.0 Å². The monoisotopic (exact) mass is 507 g/mol. The van der Waals surface area contributed by atoms with Gasteiger partial charge in [0.25, 0.3) is 0 Å². The van der Waals surface area contributed by atoms with Crippen LogP contribution in [0.15, 0.2) is 42.5 Å². The second-order valence-corrected chi connectivity index (χ2v) is 11.3. The molecule has 38 heavy (non-hydrogen) atoms. The Hall–Kier alpha value is -3.40. The largest absolute Gasteiger partial charge is 0.312 e. The van der Waals surface area contributed by atoms with Crippen molar-refractivity contribution >= 4 is 44.4 Å². The molecule has 0 amide bonds. The van der Waals surface area contributed by atoms with Gasteiger partial charge in [0.2, 0.25) is 0 Å². The summed E-state index contributed by atoms with van der Waals surface area (Å²) in [5.41, 5.74) is 13.8. The lowest BCUT2D eigenvalue weighted by Gasteiger charge is -2.42.